The quantitative estimate of drug-likeness (QED) is 0.323. The monoisotopic (exact) mass is 456 g/mol. The fraction of sp³-hybridized carbons (Fsp3) is 0.440. The van der Waals surface area contributed by atoms with Gasteiger partial charge >= 0.3 is 0 Å². The van der Waals surface area contributed by atoms with Gasteiger partial charge in [0.15, 0.2) is 0 Å². The van der Waals surface area contributed by atoms with Gasteiger partial charge in [-0.3, -0.25) is 9.59 Å². The standard InChI is InChI=1S/C25H32N2O4S/c1-5-26(6-2)13-14-27-22(20-8-7-15-32-20)21(24(29)25(27)30)23(28)18-9-11-19(12-10-18)31-16-17(3)4/h7-12,15,17,22,28H,5-6,13-14,16H2,1-4H3. The highest BCUT2D eigenvalue weighted by atomic mass is 32.1. The molecule has 172 valence electrons. The van der Waals surface area contributed by atoms with E-state index in [9.17, 15) is 14.7 Å². The molecule has 0 bridgehead atoms. The summed E-state index contributed by atoms with van der Waals surface area (Å²) in [7, 11) is 0. The van der Waals surface area contributed by atoms with E-state index < -0.39 is 17.7 Å². The predicted molar refractivity (Wildman–Crippen MR) is 128 cm³/mol. The molecule has 0 aliphatic carbocycles. The van der Waals surface area contributed by atoms with Gasteiger partial charge < -0.3 is 19.6 Å². The second-order valence-electron chi connectivity index (χ2n) is 8.26. The van der Waals surface area contributed by atoms with Crippen LogP contribution in [0.1, 0.15) is 44.2 Å². The molecular weight excluding hydrogens is 424 g/mol. The fourth-order valence-electron chi connectivity index (χ4n) is 3.77. The Hall–Kier alpha value is -2.64. The van der Waals surface area contributed by atoms with Gasteiger partial charge in [0.05, 0.1) is 18.2 Å². The van der Waals surface area contributed by atoms with Crippen molar-refractivity contribution in [2.45, 2.75) is 33.7 Å². The molecule has 32 heavy (non-hydrogen) atoms. The first-order valence-corrected chi connectivity index (χ1v) is 12.0. The molecule has 0 spiro atoms. The Morgan fingerprint density at radius 1 is 1.16 bits per heavy atom. The first-order valence-electron chi connectivity index (χ1n) is 11.1. The molecular formula is C25H32N2O4S. The van der Waals surface area contributed by atoms with Crippen molar-refractivity contribution in [3.8, 4) is 5.75 Å². The smallest absolute Gasteiger partial charge is 0.295 e. The zero-order valence-corrected chi connectivity index (χ0v) is 20.0. The lowest BCUT2D eigenvalue weighted by Gasteiger charge is -2.27. The minimum atomic E-state index is -0.638. The molecule has 1 unspecified atom stereocenters. The highest BCUT2D eigenvalue weighted by Crippen LogP contribution is 2.41. The van der Waals surface area contributed by atoms with E-state index >= 15 is 0 Å². The number of benzene rings is 1. The van der Waals surface area contributed by atoms with Crippen molar-refractivity contribution in [2.75, 3.05) is 32.8 Å². The van der Waals surface area contributed by atoms with Crippen LogP contribution >= 0.6 is 11.3 Å². The number of aliphatic hydroxyl groups is 1. The Morgan fingerprint density at radius 2 is 1.84 bits per heavy atom. The lowest BCUT2D eigenvalue weighted by atomic mass is 10.00. The Labute approximate surface area is 194 Å². The number of likely N-dealkylation sites (tertiary alicyclic amines) is 1. The number of nitrogens with zero attached hydrogens (tertiary/aromatic N) is 2. The van der Waals surface area contributed by atoms with E-state index in [1.165, 1.54) is 11.3 Å². The average Bonchev–Trinajstić information content (AvgIpc) is 3.40. The molecule has 1 N–H and O–H groups in total. The van der Waals surface area contributed by atoms with Gasteiger partial charge in [0.2, 0.25) is 0 Å². The maximum absolute atomic E-state index is 13.0. The lowest BCUT2D eigenvalue weighted by Crippen LogP contribution is -2.37. The molecule has 1 aromatic heterocycles. The third-order valence-electron chi connectivity index (χ3n) is 5.62. The van der Waals surface area contributed by atoms with Crippen LogP contribution in [0, 0.1) is 5.92 Å². The van der Waals surface area contributed by atoms with Gasteiger partial charge in [-0.05, 0) is 54.7 Å². The molecule has 6 nitrogen and oxygen atoms in total. The largest absolute Gasteiger partial charge is 0.507 e. The van der Waals surface area contributed by atoms with Gasteiger partial charge in [-0.15, -0.1) is 11.3 Å². The van der Waals surface area contributed by atoms with Crippen molar-refractivity contribution in [1.82, 2.24) is 9.80 Å². The third kappa shape index (κ3) is 5.22. The second kappa shape index (κ2) is 10.8. The number of likely N-dealkylation sites (N-methyl/N-ethyl adjacent to an activating group) is 1. The van der Waals surface area contributed by atoms with Crippen LogP contribution in [0.2, 0.25) is 0 Å². The molecule has 1 aliphatic heterocycles. The molecule has 2 aromatic rings. The summed E-state index contributed by atoms with van der Waals surface area (Å²) in [5.41, 5.74) is 0.637. The molecule has 1 amide bonds. The molecule has 7 heteroatoms. The molecule has 2 heterocycles. The lowest BCUT2D eigenvalue weighted by molar-refractivity contribution is -0.140. The Bertz CT molecular complexity index is 947. The number of carbonyl (C=O) groups is 2. The van der Waals surface area contributed by atoms with E-state index in [1.54, 1.807) is 29.2 Å². The van der Waals surface area contributed by atoms with Crippen molar-refractivity contribution < 1.29 is 19.4 Å². The maximum atomic E-state index is 13.0. The van der Waals surface area contributed by atoms with Crippen molar-refractivity contribution in [1.29, 1.82) is 0 Å². The summed E-state index contributed by atoms with van der Waals surface area (Å²) in [5, 5.41) is 13.0. The second-order valence-corrected chi connectivity index (χ2v) is 9.24. The van der Waals surface area contributed by atoms with Gasteiger partial charge in [0.25, 0.3) is 11.7 Å². The summed E-state index contributed by atoms with van der Waals surface area (Å²) in [6.45, 7) is 11.7. The van der Waals surface area contributed by atoms with E-state index in [1.807, 2.05) is 17.5 Å². The minimum absolute atomic E-state index is 0.146. The van der Waals surface area contributed by atoms with Gasteiger partial charge in [-0.1, -0.05) is 33.8 Å². The van der Waals surface area contributed by atoms with Crippen LogP contribution in [0.4, 0.5) is 0 Å². The van der Waals surface area contributed by atoms with Gasteiger partial charge in [-0.25, -0.2) is 0 Å². The van der Waals surface area contributed by atoms with Crippen molar-refractivity contribution in [2.24, 2.45) is 5.92 Å². The Kier molecular flexibility index (Phi) is 8.10. The topological polar surface area (TPSA) is 70.1 Å². The number of hydrogen-bond acceptors (Lipinski definition) is 6. The summed E-state index contributed by atoms with van der Waals surface area (Å²) in [6.07, 6.45) is 0. The summed E-state index contributed by atoms with van der Waals surface area (Å²) in [5.74, 6) is -0.247. The molecule has 0 saturated carbocycles. The highest BCUT2D eigenvalue weighted by molar-refractivity contribution is 7.10. The van der Waals surface area contributed by atoms with Crippen molar-refractivity contribution in [3.05, 3.63) is 57.8 Å². The molecule has 0 radical (unpaired) electrons. The minimum Gasteiger partial charge on any atom is -0.507 e. The van der Waals surface area contributed by atoms with E-state index in [-0.39, 0.29) is 11.3 Å². The normalized spacial score (nSPS) is 18.2. The maximum Gasteiger partial charge on any atom is 0.295 e. The zero-order valence-electron chi connectivity index (χ0n) is 19.2. The van der Waals surface area contributed by atoms with Gasteiger partial charge in [0, 0.05) is 23.5 Å². The Morgan fingerprint density at radius 3 is 2.41 bits per heavy atom. The number of hydrogen-bond donors (Lipinski definition) is 1. The van der Waals surface area contributed by atoms with E-state index in [0.29, 0.717) is 36.9 Å². The third-order valence-corrected chi connectivity index (χ3v) is 6.54. The van der Waals surface area contributed by atoms with Crippen LogP contribution < -0.4 is 4.74 Å². The van der Waals surface area contributed by atoms with Crippen LogP contribution in [-0.2, 0) is 9.59 Å². The molecule has 1 aromatic carbocycles. The van der Waals surface area contributed by atoms with Crippen LogP contribution in [-0.4, -0.2) is 59.4 Å². The highest BCUT2D eigenvalue weighted by Gasteiger charge is 2.46. The van der Waals surface area contributed by atoms with Crippen LogP contribution in [0.15, 0.2) is 47.4 Å². The first-order chi connectivity index (χ1) is 15.4. The first kappa shape index (κ1) is 24.0. The van der Waals surface area contributed by atoms with Crippen molar-refractivity contribution in [3.63, 3.8) is 0 Å². The summed E-state index contributed by atoms with van der Waals surface area (Å²) < 4.78 is 5.71. The predicted octanol–water partition coefficient (Wildman–Crippen LogP) is 4.55. The van der Waals surface area contributed by atoms with E-state index in [0.717, 1.165) is 18.0 Å². The van der Waals surface area contributed by atoms with E-state index in [2.05, 4.69) is 32.6 Å². The SMILES string of the molecule is CCN(CC)CCN1C(=O)C(=O)C(=C(O)c2ccc(OCC(C)C)cc2)C1c1cccs1. The van der Waals surface area contributed by atoms with Gasteiger partial charge in [-0.2, -0.15) is 0 Å². The van der Waals surface area contributed by atoms with Crippen LogP contribution in [0.25, 0.3) is 5.76 Å². The number of rotatable bonds is 10. The molecule has 1 fully saturated rings. The molecule has 1 atom stereocenters. The van der Waals surface area contributed by atoms with Crippen molar-refractivity contribution >= 4 is 28.8 Å². The number of Topliss-reactive ketones (excluding diaryl/α,β-unsaturated/α-hetero) is 1. The summed E-state index contributed by atoms with van der Waals surface area (Å²) in [6, 6.07) is 10.2. The van der Waals surface area contributed by atoms with Crippen LogP contribution in [0.3, 0.4) is 0 Å². The fourth-order valence-corrected chi connectivity index (χ4v) is 4.62. The number of ketones is 1. The van der Waals surface area contributed by atoms with Crippen LogP contribution in [0.5, 0.6) is 5.75 Å². The summed E-state index contributed by atoms with van der Waals surface area (Å²) >= 11 is 1.48. The molecule has 1 aliphatic rings. The Balaban J connectivity index is 1.94. The van der Waals surface area contributed by atoms with E-state index in [4.69, 9.17) is 4.74 Å². The number of amides is 1. The number of ether oxygens (including phenoxy) is 1. The zero-order chi connectivity index (χ0) is 23.3. The molecule has 3 rings (SSSR count). The average molecular weight is 457 g/mol. The summed E-state index contributed by atoms with van der Waals surface area (Å²) in [4.78, 5) is 30.6. The van der Waals surface area contributed by atoms with Gasteiger partial charge in [0.1, 0.15) is 11.5 Å². The number of thiophene rings is 1. The molecule has 1 saturated heterocycles. The number of aliphatic hydroxyl groups excluding tert-OH is 1. The number of carbonyl (C=O) groups excluding carboxylic acids is 2.